The van der Waals surface area contributed by atoms with Crippen LogP contribution in [0.5, 0.6) is 0 Å². The molecule has 0 spiro atoms. The van der Waals surface area contributed by atoms with Gasteiger partial charge in [-0.3, -0.25) is 4.90 Å². The first-order valence-corrected chi connectivity index (χ1v) is 7.49. The number of halogens is 1. The van der Waals surface area contributed by atoms with E-state index in [1.165, 1.54) is 22.2 Å². The highest BCUT2D eigenvalue weighted by Crippen LogP contribution is 2.26. The fourth-order valence-corrected chi connectivity index (χ4v) is 3.26. The van der Waals surface area contributed by atoms with Crippen LogP contribution in [-0.2, 0) is 6.54 Å². The van der Waals surface area contributed by atoms with Crippen molar-refractivity contribution in [1.29, 1.82) is 0 Å². The minimum atomic E-state index is 0.635. The van der Waals surface area contributed by atoms with Gasteiger partial charge in [0, 0.05) is 39.9 Å². The molecule has 2 rings (SSSR count). The highest BCUT2D eigenvalue weighted by molar-refractivity contribution is 9.10. The lowest BCUT2D eigenvalue weighted by molar-refractivity contribution is 0.241. The number of rotatable bonds is 6. The topological polar surface area (TPSA) is 15.3 Å². The van der Waals surface area contributed by atoms with Crippen LogP contribution in [0.2, 0.25) is 0 Å². The predicted octanol–water partition coefficient (Wildman–Crippen LogP) is 3.08. The average molecular weight is 303 g/mol. The van der Waals surface area contributed by atoms with Crippen molar-refractivity contribution in [1.82, 2.24) is 10.2 Å². The van der Waals surface area contributed by atoms with Gasteiger partial charge in [0.1, 0.15) is 0 Å². The van der Waals surface area contributed by atoms with Crippen molar-refractivity contribution in [3.05, 3.63) is 20.8 Å². The van der Waals surface area contributed by atoms with Gasteiger partial charge in [-0.25, -0.2) is 0 Å². The van der Waals surface area contributed by atoms with E-state index in [2.05, 4.69) is 51.6 Å². The summed E-state index contributed by atoms with van der Waals surface area (Å²) in [4.78, 5) is 3.89. The second kappa shape index (κ2) is 5.63. The number of hydrogen-bond acceptors (Lipinski definition) is 3. The Hall–Kier alpha value is 0.1000. The Labute approximate surface area is 110 Å². The van der Waals surface area contributed by atoms with E-state index in [0.29, 0.717) is 6.04 Å². The van der Waals surface area contributed by atoms with E-state index in [1.54, 1.807) is 11.3 Å². The summed E-state index contributed by atoms with van der Waals surface area (Å²) in [6, 6.07) is 3.68. The summed E-state index contributed by atoms with van der Waals surface area (Å²) in [5, 5.41) is 5.66. The summed E-state index contributed by atoms with van der Waals surface area (Å²) >= 11 is 5.28. The molecule has 1 unspecified atom stereocenters. The molecule has 1 atom stereocenters. The molecule has 1 heterocycles. The molecule has 1 N–H and O–H groups in total. The van der Waals surface area contributed by atoms with Crippen LogP contribution >= 0.6 is 27.3 Å². The third-order valence-corrected chi connectivity index (χ3v) is 4.88. The molecule has 1 aliphatic rings. The molecule has 0 bridgehead atoms. The molecule has 1 saturated carbocycles. The van der Waals surface area contributed by atoms with Crippen molar-refractivity contribution in [3.8, 4) is 0 Å². The Bertz CT molecular complexity index is 336. The van der Waals surface area contributed by atoms with Crippen molar-refractivity contribution >= 4 is 27.3 Å². The Morgan fingerprint density at radius 1 is 1.62 bits per heavy atom. The third kappa shape index (κ3) is 3.55. The molecule has 1 aromatic heterocycles. The fraction of sp³-hybridized carbons (Fsp3) is 0.667. The average Bonchev–Trinajstić information content (AvgIpc) is 3.02. The number of likely N-dealkylation sites (N-methyl/N-ethyl adjacent to an activating group) is 1. The Morgan fingerprint density at radius 2 is 2.38 bits per heavy atom. The van der Waals surface area contributed by atoms with Gasteiger partial charge in [-0.05, 0) is 48.8 Å². The maximum Gasteiger partial charge on any atom is 0.0300 e. The van der Waals surface area contributed by atoms with Gasteiger partial charge in [0.2, 0.25) is 0 Å². The van der Waals surface area contributed by atoms with E-state index in [4.69, 9.17) is 0 Å². The van der Waals surface area contributed by atoms with E-state index >= 15 is 0 Å². The maximum atomic E-state index is 3.53. The molecule has 0 aromatic carbocycles. The van der Waals surface area contributed by atoms with Gasteiger partial charge in [0.05, 0.1) is 0 Å². The molecule has 4 heteroatoms. The second-order valence-corrected chi connectivity index (χ2v) is 6.52. The lowest BCUT2D eigenvalue weighted by Crippen LogP contribution is -2.38. The minimum Gasteiger partial charge on any atom is -0.310 e. The van der Waals surface area contributed by atoms with Gasteiger partial charge in [0.15, 0.2) is 0 Å². The minimum absolute atomic E-state index is 0.635. The molecular formula is C12H19BrN2S. The van der Waals surface area contributed by atoms with Gasteiger partial charge in [-0.1, -0.05) is 0 Å². The van der Waals surface area contributed by atoms with Crippen molar-refractivity contribution < 1.29 is 0 Å². The lowest BCUT2D eigenvalue weighted by atomic mass is 10.3. The highest BCUT2D eigenvalue weighted by atomic mass is 79.9. The fourth-order valence-electron chi connectivity index (χ4n) is 1.84. The van der Waals surface area contributed by atoms with Crippen LogP contribution < -0.4 is 5.32 Å². The van der Waals surface area contributed by atoms with Crippen molar-refractivity contribution in [2.45, 2.75) is 38.4 Å². The van der Waals surface area contributed by atoms with Crippen LogP contribution in [0.1, 0.15) is 24.6 Å². The SMILES string of the molecule is CC(CNCc1cc(Br)cs1)N(C)C1CC1. The zero-order chi connectivity index (χ0) is 11.5. The Balaban J connectivity index is 1.67. The monoisotopic (exact) mass is 302 g/mol. The van der Waals surface area contributed by atoms with E-state index in [0.717, 1.165) is 19.1 Å². The standard InChI is InChI=1S/C12H19BrN2S/c1-9(15(2)11-3-4-11)6-14-7-12-5-10(13)8-16-12/h5,8-9,11,14H,3-4,6-7H2,1-2H3. The van der Waals surface area contributed by atoms with Crippen LogP contribution in [-0.4, -0.2) is 30.6 Å². The van der Waals surface area contributed by atoms with Gasteiger partial charge in [-0.2, -0.15) is 0 Å². The van der Waals surface area contributed by atoms with Crippen LogP contribution in [0.25, 0.3) is 0 Å². The summed E-state index contributed by atoms with van der Waals surface area (Å²) in [7, 11) is 2.24. The zero-order valence-corrected chi connectivity index (χ0v) is 12.3. The molecule has 2 nitrogen and oxygen atoms in total. The predicted molar refractivity (Wildman–Crippen MR) is 74.0 cm³/mol. The first kappa shape index (κ1) is 12.6. The van der Waals surface area contributed by atoms with Gasteiger partial charge in [0.25, 0.3) is 0 Å². The smallest absolute Gasteiger partial charge is 0.0300 e. The highest BCUT2D eigenvalue weighted by Gasteiger charge is 2.28. The van der Waals surface area contributed by atoms with Crippen molar-refractivity contribution in [2.75, 3.05) is 13.6 Å². The molecule has 1 aliphatic carbocycles. The first-order chi connectivity index (χ1) is 7.66. The number of thiophene rings is 1. The summed E-state index contributed by atoms with van der Waals surface area (Å²) in [5.74, 6) is 0. The Kier molecular flexibility index (Phi) is 4.41. The lowest BCUT2D eigenvalue weighted by Gasteiger charge is -2.24. The Morgan fingerprint density at radius 3 is 2.94 bits per heavy atom. The molecule has 16 heavy (non-hydrogen) atoms. The van der Waals surface area contributed by atoms with Crippen LogP contribution in [0, 0.1) is 0 Å². The molecular weight excluding hydrogens is 284 g/mol. The third-order valence-electron chi connectivity index (χ3n) is 3.18. The molecule has 0 saturated heterocycles. The van der Waals surface area contributed by atoms with Gasteiger partial charge < -0.3 is 5.32 Å². The first-order valence-electron chi connectivity index (χ1n) is 5.82. The molecule has 1 aromatic rings. The summed E-state index contributed by atoms with van der Waals surface area (Å²) in [6.45, 7) is 4.36. The second-order valence-electron chi connectivity index (χ2n) is 4.61. The molecule has 0 amide bonds. The largest absolute Gasteiger partial charge is 0.310 e. The molecule has 0 radical (unpaired) electrons. The number of nitrogens with zero attached hydrogens (tertiary/aromatic N) is 1. The zero-order valence-electron chi connectivity index (χ0n) is 9.87. The van der Waals surface area contributed by atoms with Crippen LogP contribution in [0.4, 0.5) is 0 Å². The molecule has 1 fully saturated rings. The van der Waals surface area contributed by atoms with Crippen molar-refractivity contribution in [2.24, 2.45) is 0 Å². The summed E-state index contributed by atoms with van der Waals surface area (Å²) < 4.78 is 1.19. The van der Waals surface area contributed by atoms with E-state index in [-0.39, 0.29) is 0 Å². The maximum absolute atomic E-state index is 3.53. The summed E-state index contributed by atoms with van der Waals surface area (Å²) in [6.07, 6.45) is 2.78. The molecule has 90 valence electrons. The van der Waals surface area contributed by atoms with Crippen molar-refractivity contribution in [3.63, 3.8) is 0 Å². The number of hydrogen-bond donors (Lipinski definition) is 1. The van der Waals surface area contributed by atoms with E-state index < -0.39 is 0 Å². The van der Waals surface area contributed by atoms with Gasteiger partial charge in [-0.15, -0.1) is 11.3 Å². The van der Waals surface area contributed by atoms with Crippen LogP contribution in [0.3, 0.4) is 0 Å². The van der Waals surface area contributed by atoms with Crippen LogP contribution in [0.15, 0.2) is 15.9 Å². The quantitative estimate of drug-likeness (QED) is 0.869. The van der Waals surface area contributed by atoms with Gasteiger partial charge >= 0.3 is 0 Å². The summed E-state index contributed by atoms with van der Waals surface area (Å²) in [5.41, 5.74) is 0. The van der Waals surface area contributed by atoms with E-state index in [1.807, 2.05) is 0 Å². The normalized spacial score (nSPS) is 18.0. The number of nitrogens with one attached hydrogen (secondary N) is 1. The van der Waals surface area contributed by atoms with E-state index in [9.17, 15) is 0 Å². The molecule has 0 aliphatic heterocycles.